The number of amides is 1. The topological polar surface area (TPSA) is 99.0 Å². The molecule has 1 fully saturated rings. The van der Waals surface area contributed by atoms with Crippen LogP contribution in [0.2, 0.25) is 0 Å². The third kappa shape index (κ3) is 6.03. The summed E-state index contributed by atoms with van der Waals surface area (Å²) in [7, 11) is 0. The third-order valence-corrected chi connectivity index (χ3v) is 8.68. The summed E-state index contributed by atoms with van der Waals surface area (Å²) in [5, 5.41) is 15.3. The summed E-state index contributed by atoms with van der Waals surface area (Å²) in [6.07, 6.45) is 1.01. The van der Waals surface area contributed by atoms with E-state index in [1.807, 2.05) is 58.3 Å². The first-order chi connectivity index (χ1) is 20.7. The van der Waals surface area contributed by atoms with Crippen molar-refractivity contribution in [3.63, 3.8) is 0 Å². The van der Waals surface area contributed by atoms with E-state index in [1.54, 1.807) is 6.07 Å². The second kappa shape index (κ2) is 11.6. The number of allylic oxidation sites excluding steroid dienone is 1. The van der Waals surface area contributed by atoms with Gasteiger partial charge in [0.25, 0.3) is 5.69 Å². The number of para-hydroxylation sites is 2. The van der Waals surface area contributed by atoms with Gasteiger partial charge in [0, 0.05) is 62.5 Å². The summed E-state index contributed by atoms with van der Waals surface area (Å²) >= 11 is 0. The molecule has 6 rings (SSSR count). The standard InChI is InChI=1S/C34H37N5O4/c1-34(2)20-28-32(30(40)21-34)33(25-11-8-12-26(19-25)39(42)43)38(29-14-7-6-13-27(29)35-28)23-31(41)37-17-15-36(16-18-37)22-24-9-4-3-5-10-24/h3-14,19,33,35H,15-18,20-23H2,1-2H3. The Bertz CT molecular complexity index is 1580. The first-order valence-corrected chi connectivity index (χ1v) is 14.9. The van der Waals surface area contributed by atoms with E-state index in [2.05, 4.69) is 36.2 Å². The zero-order valence-corrected chi connectivity index (χ0v) is 24.7. The summed E-state index contributed by atoms with van der Waals surface area (Å²) in [6.45, 7) is 7.81. The van der Waals surface area contributed by atoms with E-state index >= 15 is 0 Å². The number of carbonyl (C=O) groups excluding carboxylic acids is 2. The maximum absolute atomic E-state index is 14.0. The first-order valence-electron chi connectivity index (χ1n) is 14.9. The van der Waals surface area contributed by atoms with Crippen LogP contribution in [0.15, 0.2) is 90.1 Å². The Morgan fingerprint density at radius 2 is 1.67 bits per heavy atom. The number of Topliss-reactive ketones (excluding diaryl/α,β-unsaturated/α-hetero) is 1. The van der Waals surface area contributed by atoms with E-state index in [1.165, 1.54) is 17.7 Å². The monoisotopic (exact) mass is 579 g/mol. The highest BCUT2D eigenvalue weighted by Gasteiger charge is 2.42. The number of nitro benzene ring substituents is 1. The number of anilines is 2. The normalized spacial score (nSPS) is 20.1. The molecule has 1 N–H and O–H groups in total. The largest absolute Gasteiger partial charge is 0.357 e. The van der Waals surface area contributed by atoms with E-state index in [4.69, 9.17) is 0 Å². The van der Waals surface area contributed by atoms with E-state index in [9.17, 15) is 19.7 Å². The Morgan fingerprint density at radius 3 is 2.42 bits per heavy atom. The lowest BCUT2D eigenvalue weighted by Gasteiger charge is -2.40. The predicted molar refractivity (Wildman–Crippen MR) is 167 cm³/mol. The number of nitro groups is 1. The lowest BCUT2D eigenvalue weighted by atomic mass is 9.73. The molecule has 0 radical (unpaired) electrons. The number of piperazine rings is 1. The van der Waals surface area contributed by atoms with Gasteiger partial charge in [-0.15, -0.1) is 0 Å². The van der Waals surface area contributed by atoms with Crippen molar-refractivity contribution in [2.75, 3.05) is 42.9 Å². The molecule has 9 heteroatoms. The van der Waals surface area contributed by atoms with Gasteiger partial charge >= 0.3 is 0 Å². The number of hydrogen-bond acceptors (Lipinski definition) is 7. The van der Waals surface area contributed by atoms with E-state index < -0.39 is 11.0 Å². The van der Waals surface area contributed by atoms with Crippen LogP contribution in [0.25, 0.3) is 0 Å². The summed E-state index contributed by atoms with van der Waals surface area (Å²) < 4.78 is 0. The molecule has 1 aliphatic carbocycles. The molecular weight excluding hydrogens is 542 g/mol. The molecule has 1 unspecified atom stereocenters. The molecule has 0 aromatic heterocycles. The van der Waals surface area contributed by atoms with Crippen LogP contribution in [-0.2, 0) is 16.1 Å². The number of ketones is 1. The minimum absolute atomic E-state index is 0.00459. The van der Waals surface area contributed by atoms with Gasteiger partial charge in [-0.25, -0.2) is 0 Å². The molecule has 9 nitrogen and oxygen atoms in total. The van der Waals surface area contributed by atoms with Gasteiger partial charge in [-0.05, 0) is 35.1 Å². The van der Waals surface area contributed by atoms with Gasteiger partial charge in [-0.3, -0.25) is 24.6 Å². The van der Waals surface area contributed by atoms with Crippen molar-refractivity contribution in [1.29, 1.82) is 0 Å². The van der Waals surface area contributed by atoms with Crippen LogP contribution >= 0.6 is 0 Å². The molecule has 1 amide bonds. The SMILES string of the molecule is CC1(C)CC(=O)C2=C(C1)Nc1ccccc1N(CC(=O)N1CCN(Cc3ccccc3)CC1)C2c1cccc([N+](=O)[O-])c1. The molecule has 222 valence electrons. The molecule has 0 saturated carbocycles. The molecule has 1 atom stereocenters. The summed E-state index contributed by atoms with van der Waals surface area (Å²) in [6, 6.07) is 23.9. The number of fused-ring (bicyclic) bond motifs is 1. The van der Waals surface area contributed by atoms with Crippen LogP contribution in [0.3, 0.4) is 0 Å². The number of rotatable bonds is 6. The van der Waals surface area contributed by atoms with Gasteiger partial charge in [-0.1, -0.05) is 68.4 Å². The Hall–Kier alpha value is -4.50. The van der Waals surface area contributed by atoms with E-state index in [-0.39, 0.29) is 29.3 Å². The molecule has 0 spiro atoms. The van der Waals surface area contributed by atoms with Crippen LogP contribution in [0.5, 0.6) is 0 Å². The van der Waals surface area contributed by atoms with Crippen LogP contribution < -0.4 is 10.2 Å². The molecule has 1 saturated heterocycles. The molecule has 2 heterocycles. The van der Waals surface area contributed by atoms with Crippen molar-refractivity contribution < 1.29 is 14.5 Å². The minimum Gasteiger partial charge on any atom is -0.357 e. The van der Waals surface area contributed by atoms with Crippen molar-refractivity contribution in [1.82, 2.24) is 9.80 Å². The average molecular weight is 580 g/mol. The molecule has 3 aromatic rings. The number of non-ortho nitro benzene ring substituents is 1. The van der Waals surface area contributed by atoms with Crippen molar-refractivity contribution >= 4 is 28.8 Å². The predicted octanol–water partition coefficient (Wildman–Crippen LogP) is 5.56. The fourth-order valence-corrected chi connectivity index (χ4v) is 6.63. The first kappa shape index (κ1) is 28.6. The summed E-state index contributed by atoms with van der Waals surface area (Å²) in [4.78, 5) is 45.5. The lowest BCUT2D eigenvalue weighted by Crippen LogP contribution is -2.51. The molecular formula is C34H37N5O4. The highest BCUT2D eigenvalue weighted by atomic mass is 16.6. The molecule has 2 aliphatic heterocycles. The zero-order valence-electron chi connectivity index (χ0n) is 24.7. The van der Waals surface area contributed by atoms with Gasteiger partial charge in [0.05, 0.1) is 28.9 Å². The Morgan fingerprint density at radius 1 is 0.953 bits per heavy atom. The number of nitrogens with zero attached hydrogens (tertiary/aromatic N) is 4. The molecule has 43 heavy (non-hydrogen) atoms. The van der Waals surface area contributed by atoms with Crippen LogP contribution in [-0.4, -0.2) is 59.1 Å². The average Bonchev–Trinajstić information content (AvgIpc) is 3.12. The van der Waals surface area contributed by atoms with Gasteiger partial charge in [0.1, 0.15) is 0 Å². The van der Waals surface area contributed by atoms with Crippen molar-refractivity contribution in [3.05, 3.63) is 111 Å². The second-order valence-corrected chi connectivity index (χ2v) is 12.5. The van der Waals surface area contributed by atoms with E-state index in [0.29, 0.717) is 37.1 Å². The fraction of sp³-hybridized carbons (Fsp3) is 0.353. The Kier molecular flexibility index (Phi) is 7.75. The van der Waals surface area contributed by atoms with Crippen molar-refractivity contribution in [3.8, 4) is 0 Å². The van der Waals surface area contributed by atoms with Gasteiger partial charge in [0.2, 0.25) is 5.91 Å². The van der Waals surface area contributed by atoms with Crippen LogP contribution in [0, 0.1) is 15.5 Å². The highest BCUT2D eigenvalue weighted by molar-refractivity contribution is 6.02. The maximum Gasteiger partial charge on any atom is 0.269 e. The van der Waals surface area contributed by atoms with Crippen LogP contribution in [0.4, 0.5) is 17.1 Å². The van der Waals surface area contributed by atoms with Crippen LogP contribution in [0.1, 0.15) is 43.9 Å². The van der Waals surface area contributed by atoms with E-state index in [0.717, 1.165) is 36.7 Å². The lowest BCUT2D eigenvalue weighted by molar-refractivity contribution is -0.384. The van der Waals surface area contributed by atoms with Gasteiger partial charge in [-0.2, -0.15) is 0 Å². The second-order valence-electron chi connectivity index (χ2n) is 12.5. The molecule has 3 aromatic carbocycles. The summed E-state index contributed by atoms with van der Waals surface area (Å²) in [5.41, 5.74) is 4.58. The smallest absolute Gasteiger partial charge is 0.269 e. The van der Waals surface area contributed by atoms with Crippen molar-refractivity contribution in [2.24, 2.45) is 5.41 Å². The number of carbonyl (C=O) groups is 2. The fourth-order valence-electron chi connectivity index (χ4n) is 6.63. The van der Waals surface area contributed by atoms with Gasteiger partial charge < -0.3 is 15.1 Å². The van der Waals surface area contributed by atoms with Crippen molar-refractivity contribution in [2.45, 2.75) is 39.3 Å². The third-order valence-electron chi connectivity index (χ3n) is 8.68. The zero-order chi connectivity index (χ0) is 30.1. The highest BCUT2D eigenvalue weighted by Crippen LogP contribution is 2.48. The Balaban J connectivity index is 1.34. The number of hydrogen-bond donors (Lipinski definition) is 1. The Labute approximate surface area is 251 Å². The summed E-state index contributed by atoms with van der Waals surface area (Å²) in [5.74, 6) is -0.0349. The van der Waals surface area contributed by atoms with Gasteiger partial charge in [0.15, 0.2) is 5.78 Å². The quantitative estimate of drug-likeness (QED) is 0.302. The number of benzene rings is 3. The minimum atomic E-state index is -0.655. The molecule has 3 aliphatic rings. The maximum atomic E-state index is 14.0. The number of nitrogens with one attached hydrogen (secondary N) is 1. The molecule has 0 bridgehead atoms.